The van der Waals surface area contributed by atoms with Crippen molar-refractivity contribution in [2.75, 3.05) is 6.61 Å². The minimum Gasteiger partial charge on any atom is -0.471 e. The summed E-state index contributed by atoms with van der Waals surface area (Å²) >= 11 is 0. The zero-order valence-corrected chi connectivity index (χ0v) is 15.8. The smallest absolute Gasteiger partial charge is 0.357 e. The molecular weight excluding hydrogens is 394 g/mol. The second-order valence-corrected chi connectivity index (χ2v) is 6.48. The molecule has 0 unspecified atom stereocenters. The zero-order valence-electron chi connectivity index (χ0n) is 15.8. The number of esters is 1. The number of aromatic nitrogens is 1. The number of fused-ring (bicyclic) bond motifs is 1. The molecule has 1 aromatic carbocycles. The van der Waals surface area contributed by atoms with Crippen molar-refractivity contribution in [3.63, 3.8) is 0 Å². The number of benzene rings is 1. The van der Waals surface area contributed by atoms with Gasteiger partial charge in [-0.25, -0.2) is 18.6 Å². The maximum absolute atomic E-state index is 14.4. The van der Waals surface area contributed by atoms with Crippen molar-refractivity contribution in [3.8, 4) is 17.0 Å². The molecule has 2 aromatic rings. The Hall–Kier alpha value is -2.68. The van der Waals surface area contributed by atoms with Crippen LogP contribution in [0.15, 0.2) is 24.3 Å². The lowest BCUT2D eigenvalue weighted by Crippen LogP contribution is -2.36. The number of hydrogen-bond donors (Lipinski definition) is 0. The number of carbonyl (C=O) groups is 1. The van der Waals surface area contributed by atoms with E-state index >= 15 is 0 Å². The Balaban J connectivity index is 2.05. The van der Waals surface area contributed by atoms with Gasteiger partial charge >= 0.3 is 12.6 Å². The van der Waals surface area contributed by atoms with E-state index in [2.05, 4.69) is 9.72 Å². The van der Waals surface area contributed by atoms with E-state index in [4.69, 9.17) is 9.47 Å². The summed E-state index contributed by atoms with van der Waals surface area (Å²) in [4.78, 5) is 16.3. The quantitative estimate of drug-likeness (QED) is 0.515. The number of halogens is 4. The highest BCUT2D eigenvalue weighted by Crippen LogP contribution is 2.37. The molecule has 0 bridgehead atoms. The van der Waals surface area contributed by atoms with Gasteiger partial charge in [-0.05, 0) is 50.5 Å². The first kappa shape index (κ1) is 21.0. The Morgan fingerprint density at radius 2 is 2.03 bits per heavy atom. The number of hydrogen-bond acceptors (Lipinski definition) is 5. The Kier molecular flexibility index (Phi) is 6.36. The van der Waals surface area contributed by atoms with Crippen molar-refractivity contribution in [1.29, 1.82) is 0 Å². The van der Waals surface area contributed by atoms with Gasteiger partial charge in [0.25, 0.3) is 0 Å². The van der Waals surface area contributed by atoms with E-state index in [1.54, 1.807) is 6.92 Å². The number of alkyl halides is 2. The average Bonchev–Trinajstić information content (AvgIpc) is 2.66. The zero-order chi connectivity index (χ0) is 21.1. The van der Waals surface area contributed by atoms with Gasteiger partial charge in [0.15, 0.2) is 5.69 Å². The molecule has 0 spiro atoms. The van der Waals surface area contributed by atoms with Gasteiger partial charge in [-0.3, -0.25) is 0 Å². The summed E-state index contributed by atoms with van der Waals surface area (Å²) in [7, 11) is 0. The molecule has 0 amide bonds. The van der Waals surface area contributed by atoms with Crippen LogP contribution >= 0.6 is 0 Å². The third kappa shape index (κ3) is 4.67. The fraction of sp³-hybridized carbons (Fsp3) is 0.400. The minimum absolute atomic E-state index is 0.00949. The molecule has 1 aliphatic rings. The largest absolute Gasteiger partial charge is 0.471 e. The maximum Gasteiger partial charge on any atom is 0.357 e. The molecule has 1 aromatic heterocycles. The second kappa shape index (κ2) is 8.77. The molecule has 0 saturated heterocycles. The number of rotatable bonds is 6. The lowest BCUT2D eigenvalue weighted by molar-refractivity contribution is -0.180. The van der Waals surface area contributed by atoms with E-state index < -0.39 is 36.4 Å². The third-order valence-corrected chi connectivity index (χ3v) is 4.58. The average molecular weight is 413 g/mol. The Bertz CT molecular complexity index is 906. The van der Waals surface area contributed by atoms with Crippen LogP contribution in [-0.2, 0) is 15.9 Å². The summed E-state index contributed by atoms with van der Waals surface area (Å²) < 4.78 is 68.0. The topological polar surface area (TPSA) is 57.7 Å². The molecule has 5 nitrogen and oxygen atoms in total. The predicted octanol–water partition coefficient (Wildman–Crippen LogP) is 4.52. The SMILES string of the molecule is CCOC(=O)c1cc(-c2ccc(F)cc2F)c2c(n1)O[C@@H]([C@@H](C)OC(F)F)CC2. The van der Waals surface area contributed by atoms with Gasteiger partial charge in [-0.15, -0.1) is 0 Å². The van der Waals surface area contributed by atoms with Crippen LogP contribution in [0.25, 0.3) is 11.1 Å². The van der Waals surface area contributed by atoms with Crippen LogP contribution in [0.4, 0.5) is 17.6 Å². The molecule has 9 heteroatoms. The van der Waals surface area contributed by atoms with E-state index in [9.17, 15) is 22.4 Å². The molecule has 2 heterocycles. The number of ether oxygens (including phenoxy) is 3. The van der Waals surface area contributed by atoms with E-state index in [1.807, 2.05) is 0 Å². The monoisotopic (exact) mass is 413 g/mol. The minimum atomic E-state index is -2.96. The third-order valence-electron chi connectivity index (χ3n) is 4.58. The molecule has 3 rings (SSSR count). The summed E-state index contributed by atoms with van der Waals surface area (Å²) in [5.74, 6) is -2.30. The van der Waals surface area contributed by atoms with Gasteiger partial charge in [0, 0.05) is 17.2 Å². The van der Waals surface area contributed by atoms with Crippen molar-refractivity contribution in [3.05, 3.63) is 47.2 Å². The molecule has 0 N–H and O–H groups in total. The molecule has 0 radical (unpaired) electrons. The number of pyridine rings is 1. The van der Waals surface area contributed by atoms with Gasteiger partial charge in [0.2, 0.25) is 5.88 Å². The van der Waals surface area contributed by atoms with Crippen molar-refractivity contribution < 1.29 is 36.6 Å². The first-order valence-corrected chi connectivity index (χ1v) is 9.06. The summed E-state index contributed by atoms with van der Waals surface area (Å²) in [5, 5.41) is 0. The highest BCUT2D eigenvalue weighted by Gasteiger charge is 2.31. The Morgan fingerprint density at radius 1 is 1.28 bits per heavy atom. The van der Waals surface area contributed by atoms with Gasteiger partial charge in [-0.1, -0.05) is 0 Å². The van der Waals surface area contributed by atoms with Crippen molar-refractivity contribution in [1.82, 2.24) is 4.98 Å². The number of carbonyl (C=O) groups excluding carboxylic acids is 1. The van der Waals surface area contributed by atoms with Gasteiger partial charge in [0.05, 0.1) is 12.7 Å². The highest BCUT2D eigenvalue weighted by atomic mass is 19.3. The van der Waals surface area contributed by atoms with Gasteiger partial charge < -0.3 is 14.2 Å². The van der Waals surface area contributed by atoms with E-state index in [1.165, 1.54) is 19.1 Å². The van der Waals surface area contributed by atoms with E-state index in [-0.39, 0.29) is 23.7 Å². The van der Waals surface area contributed by atoms with Gasteiger partial charge in [0.1, 0.15) is 17.7 Å². The summed E-state index contributed by atoms with van der Waals surface area (Å²) in [6, 6.07) is 4.44. The first-order valence-electron chi connectivity index (χ1n) is 9.06. The van der Waals surface area contributed by atoms with Crippen LogP contribution < -0.4 is 4.74 Å². The Morgan fingerprint density at radius 3 is 2.69 bits per heavy atom. The molecule has 1 aliphatic heterocycles. The van der Waals surface area contributed by atoms with Crippen LogP contribution in [0.1, 0.15) is 36.3 Å². The van der Waals surface area contributed by atoms with E-state index in [0.29, 0.717) is 24.0 Å². The lowest BCUT2D eigenvalue weighted by atomic mass is 9.93. The maximum atomic E-state index is 14.4. The molecule has 156 valence electrons. The molecule has 0 saturated carbocycles. The molecule has 0 fully saturated rings. The summed E-state index contributed by atoms with van der Waals surface area (Å²) in [6.07, 6.45) is -1.02. The van der Waals surface area contributed by atoms with Crippen LogP contribution in [0.2, 0.25) is 0 Å². The summed E-state index contributed by atoms with van der Waals surface area (Å²) in [5.41, 5.74) is 0.724. The lowest BCUT2D eigenvalue weighted by Gasteiger charge is -2.30. The van der Waals surface area contributed by atoms with Crippen LogP contribution in [-0.4, -0.2) is 36.4 Å². The van der Waals surface area contributed by atoms with Gasteiger partial charge in [-0.2, -0.15) is 8.78 Å². The van der Waals surface area contributed by atoms with Crippen LogP contribution in [0, 0.1) is 11.6 Å². The predicted molar refractivity (Wildman–Crippen MR) is 94.8 cm³/mol. The fourth-order valence-electron chi connectivity index (χ4n) is 3.21. The molecule has 29 heavy (non-hydrogen) atoms. The molecule has 2 atom stereocenters. The number of nitrogens with zero attached hydrogens (tertiary/aromatic N) is 1. The highest BCUT2D eigenvalue weighted by molar-refractivity contribution is 5.90. The normalized spacial score (nSPS) is 16.9. The second-order valence-electron chi connectivity index (χ2n) is 6.48. The van der Waals surface area contributed by atoms with E-state index in [0.717, 1.165) is 12.1 Å². The van der Waals surface area contributed by atoms with Crippen LogP contribution in [0.3, 0.4) is 0 Å². The summed E-state index contributed by atoms with van der Waals surface area (Å²) in [6.45, 7) is 0.197. The van der Waals surface area contributed by atoms with Crippen LogP contribution in [0.5, 0.6) is 5.88 Å². The molecular formula is C20H19F4NO4. The fourth-order valence-corrected chi connectivity index (χ4v) is 3.21. The van der Waals surface area contributed by atoms with Crippen molar-refractivity contribution in [2.45, 2.75) is 45.5 Å². The van der Waals surface area contributed by atoms with Crippen molar-refractivity contribution in [2.24, 2.45) is 0 Å². The van der Waals surface area contributed by atoms with Crippen molar-refractivity contribution >= 4 is 5.97 Å². The first-order chi connectivity index (χ1) is 13.8. The molecule has 0 aliphatic carbocycles. The Labute approximate surface area is 164 Å². The standard InChI is InChI=1S/C20H19F4NO4/c1-3-27-19(26)16-9-14(12-5-4-11(21)8-15(12)22)13-6-7-17(29-18(13)25-16)10(2)28-20(23)24/h4-5,8-10,17,20H,3,6-7H2,1-2H3/t10-,17-/m1/s1.